The van der Waals surface area contributed by atoms with Crippen LogP contribution in [0.25, 0.3) is 6.08 Å². The molecule has 2 amide bonds. The van der Waals surface area contributed by atoms with E-state index in [9.17, 15) is 18.0 Å². The van der Waals surface area contributed by atoms with Gasteiger partial charge in [-0.25, -0.2) is 8.42 Å². The fourth-order valence-electron chi connectivity index (χ4n) is 3.73. The summed E-state index contributed by atoms with van der Waals surface area (Å²) in [4.78, 5) is 23.6. The van der Waals surface area contributed by atoms with Gasteiger partial charge in [-0.3, -0.25) is 9.59 Å². The van der Waals surface area contributed by atoms with E-state index >= 15 is 0 Å². The summed E-state index contributed by atoms with van der Waals surface area (Å²) in [7, 11) is -3.62. The standard InChI is InChI=1S/C24H29N3O4S/c1-17-4-5-20(18(2)16-17)6-11-24(29)26-22-12-14-27(15-13-22)32(30,31)23-9-7-21(8-10-23)25-19(3)28/h4-11,16,22H,12-15H2,1-3H3,(H,25,28)(H,26,29)/b11-6+. The maximum atomic E-state index is 12.9. The first-order valence-corrected chi connectivity index (χ1v) is 12.0. The first-order chi connectivity index (χ1) is 15.1. The maximum absolute atomic E-state index is 12.9. The van der Waals surface area contributed by atoms with E-state index in [1.807, 2.05) is 26.0 Å². The van der Waals surface area contributed by atoms with Gasteiger partial charge in [0.15, 0.2) is 0 Å². The van der Waals surface area contributed by atoms with Crippen molar-refractivity contribution in [3.63, 3.8) is 0 Å². The van der Waals surface area contributed by atoms with E-state index in [2.05, 4.69) is 16.7 Å². The van der Waals surface area contributed by atoms with E-state index in [4.69, 9.17) is 0 Å². The van der Waals surface area contributed by atoms with Crippen molar-refractivity contribution >= 4 is 33.6 Å². The van der Waals surface area contributed by atoms with Crippen molar-refractivity contribution in [3.05, 3.63) is 65.2 Å². The molecule has 2 aromatic rings. The number of carbonyl (C=O) groups excluding carboxylic acids is 2. The number of rotatable bonds is 6. The lowest BCUT2D eigenvalue weighted by molar-refractivity contribution is -0.117. The number of sulfonamides is 1. The van der Waals surface area contributed by atoms with Crippen LogP contribution in [-0.4, -0.2) is 43.7 Å². The summed E-state index contributed by atoms with van der Waals surface area (Å²) in [5.41, 5.74) is 3.83. The highest BCUT2D eigenvalue weighted by Crippen LogP contribution is 2.22. The molecule has 170 valence electrons. The predicted octanol–water partition coefficient (Wildman–Crippen LogP) is 3.24. The molecule has 0 atom stereocenters. The summed E-state index contributed by atoms with van der Waals surface area (Å²) >= 11 is 0. The lowest BCUT2D eigenvalue weighted by Gasteiger charge is -2.31. The number of aryl methyl sites for hydroxylation is 2. The number of anilines is 1. The summed E-state index contributed by atoms with van der Waals surface area (Å²) in [5, 5.41) is 5.59. The van der Waals surface area contributed by atoms with E-state index in [0.717, 1.165) is 11.1 Å². The fourth-order valence-corrected chi connectivity index (χ4v) is 5.20. The van der Waals surface area contributed by atoms with E-state index in [0.29, 0.717) is 31.6 Å². The average Bonchev–Trinajstić information content (AvgIpc) is 2.73. The molecule has 8 heteroatoms. The molecule has 1 fully saturated rings. The van der Waals surface area contributed by atoms with Crippen LogP contribution >= 0.6 is 0 Å². The molecule has 32 heavy (non-hydrogen) atoms. The Kier molecular flexibility index (Phi) is 7.48. The summed E-state index contributed by atoms with van der Waals surface area (Å²) in [5.74, 6) is -0.395. The SMILES string of the molecule is CC(=O)Nc1ccc(S(=O)(=O)N2CCC(NC(=O)/C=C/c3ccc(C)cc3C)CC2)cc1. The zero-order valence-electron chi connectivity index (χ0n) is 18.6. The molecule has 0 aromatic heterocycles. The van der Waals surface area contributed by atoms with Crippen LogP contribution in [-0.2, 0) is 19.6 Å². The van der Waals surface area contributed by atoms with Crippen LogP contribution < -0.4 is 10.6 Å². The Morgan fingerprint density at radius 2 is 1.69 bits per heavy atom. The number of piperidine rings is 1. The third kappa shape index (κ3) is 6.05. The Balaban J connectivity index is 1.54. The van der Waals surface area contributed by atoms with Gasteiger partial charge in [-0.1, -0.05) is 23.8 Å². The molecule has 0 aliphatic carbocycles. The summed E-state index contributed by atoms with van der Waals surface area (Å²) < 4.78 is 27.2. The van der Waals surface area contributed by atoms with Gasteiger partial charge >= 0.3 is 0 Å². The zero-order chi connectivity index (χ0) is 23.3. The number of amides is 2. The molecule has 1 aliphatic rings. The first-order valence-electron chi connectivity index (χ1n) is 10.6. The molecule has 3 rings (SSSR count). The van der Waals surface area contributed by atoms with Crippen molar-refractivity contribution < 1.29 is 18.0 Å². The number of hydrogen-bond acceptors (Lipinski definition) is 4. The molecule has 1 saturated heterocycles. The Morgan fingerprint density at radius 3 is 2.28 bits per heavy atom. The highest BCUT2D eigenvalue weighted by atomic mass is 32.2. The molecular weight excluding hydrogens is 426 g/mol. The lowest BCUT2D eigenvalue weighted by Crippen LogP contribution is -2.46. The van der Waals surface area contributed by atoms with Gasteiger partial charge in [0.2, 0.25) is 21.8 Å². The normalized spacial score (nSPS) is 15.6. The number of hydrogen-bond donors (Lipinski definition) is 2. The van der Waals surface area contributed by atoms with Crippen molar-refractivity contribution in [1.29, 1.82) is 0 Å². The third-order valence-electron chi connectivity index (χ3n) is 5.45. The van der Waals surface area contributed by atoms with Crippen LogP contribution in [0.15, 0.2) is 53.4 Å². The third-order valence-corrected chi connectivity index (χ3v) is 7.37. The Hall–Kier alpha value is -2.97. The second-order valence-electron chi connectivity index (χ2n) is 8.09. The van der Waals surface area contributed by atoms with Crippen LogP contribution in [0.3, 0.4) is 0 Å². The molecule has 2 N–H and O–H groups in total. The van der Waals surface area contributed by atoms with Crippen LogP contribution in [0.1, 0.15) is 36.5 Å². The van der Waals surface area contributed by atoms with Gasteiger partial charge in [0, 0.05) is 37.8 Å². The Morgan fingerprint density at radius 1 is 1.03 bits per heavy atom. The van der Waals surface area contributed by atoms with Crippen molar-refractivity contribution in [2.24, 2.45) is 0 Å². The van der Waals surface area contributed by atoms with Gasteiger partial charge < -0.3 is 10.6 Å². The van der Waals surface area contributed by atoms with Crippen molar-refractivity contribution in [3.8, 4) is 0 Å². The molecule has 7 nitrogen and oxygen atoms in total. The first kappa shape index (κ1) is 23.7. The van der Waals surface area contributed by atoms with Crippen LogP contribution in [0.4, 0.5) is 5.69 Å². The molecule has 0 bridgehead atoms. The van der Waals surface area contributed by atoms with E-state index in [-0.39, 0.29) is 22.8 Å². The van der Waals surface area contributed by atoms with Crippen LogP contribution in [0, 0.1) is 13.8 Å². The van der Waals surface area contributed by atoms with E-state index < -0.39 is 10.0 Å². The fraction of sp³-hybridized carbons (Fsp3) is 0.333. The summed E-state index contributed by atoms with van der Waals surface area (Å²) in [6.07, 6.45) is 4.42. The van der Waals surface area contributed by atoms with E-state index in [1.54, 1.807) is 18.2 Å². The average molecular weight is 456 g/mol. The molecule has 0 unspecified atom stereocenters. The summed E-state index contributed by atoms with van der Waals surface area (Å²) in [6, 6.07) is 12.1. The minimum Gasteiger partial charge on any atom is -0.350 e. The van der Waals surface area contributed by atoms with Crippen molar-refractivity contribution in [2.75, 3.05) is 18.4 Å². The molecule has 1 aliphatic heterocycles. The molecule has 0 saturated carbocycles. The minimum atomic E-state index is -3.62. The topological polar surface area (TPSA) is 95.6 Å². The smallest absolute Gasteiger partial charge is 0.244 e. The molecule has 0 radical (unpaired) electrons. The Bertz CT molecular complexity index is 1120. The van der Waals surface area contributed by atoms with Gasteiger partial charge in [-0.15, -0.1) is 0 Å². The van der Waals surface area contributed by atoms with Gasteiger partial charge in [0.1, 0.15) is 0 Å². The second kappa shape index (κ2) is 10.1. The molecule has 1 heterocycles. The van der Waals surface area contributed by atoms with Crippen molar-refractivity contribution in [2.45, 2.75) is 44.6 Å². The number of benzene rings is 2. The van der Waals surface area contributed by atoms with Crippen LogP contribution in [0.2, 0.25) is 0 Å². The van der Waals surface area contributed by atoms with Crippen molar-refractivity contribution in [1.82, 2.24) is 9.62 Å². The highest BCUT2D eigenvalue weighted by Gasteiger charge is 2.29. The molecule has 2 aromatic carbocycles. The summed E-state index contributed by atoms with van der Waals surface area (Å²) in [6.45, 7) is 6.10. The monoisotopic (exact) mass is 455 g/mol. The highest BCUT2D eigenvalue weighted by molar-refractivity contribution is 7.89. The zero-order valence-corrected chi connectivity index (χ0v) is 19.4. The van der Waals surface area contributed by atoms with Gasteiger partial charge in [0.25, 0.3) is 0 Å². The van der Waals surface area contributed by atoms with E-state index in [1.165, 1.54) is 35.0 Å². The minimum absolute atomic E-state index is 0.0696. The largest absolute Gasteiger partial charge is 0.350 e. The lowest BCUT2D eigenvalue weighted by atomic mass is 10.0. The Labute approximate surface area is 189 Å². The predicted molar refractivity (Wildman–Crippen MR) is 126 cm³/mol. The molecular formula is C24H29N3O4S. The second-order valence-corrected chi connectivity index (χ2v) is 10.0. The van der Waals surface area contributed by atoms with Gasteiger partial charge in [-0.2, -0.15) is 4.31 Å². The number of carbonyl (C=O) groups is 2. The van der Waals surface area contributed by atoms with Crippen LogP contribution in [0.5, 0.6) is 0 Å². The molecule has 0 spiro atoms. The van der Waals surface area contributed by atoms with Gasteiger partial charge in [-0.05, 0) is 68.2 Å². The number of nitrogens with one attached hydrogen (secondary N) is 2. The van der Waals surface area contributed by atoms with Gasteiger partial charge in [0.05, 0.1) is 4.90 Å². The quantitative estimate of drug-likeness (QED) is 0.654. The maximum Gasteiger partial charge on any atom is 0.244 e. The number of nitrogens with zero attached hydrogens (tertiary/aromatic N) is 1.